The van der Waals surface area contributed by atoms with E-state index in [4.69, 9.17) is 0 Å². The van der Waals surface area contributed by atoms with E-state index in [0.29, 0.717) is 5.92 Å². The highest BCUT2D eigenvalue weighted by molar-refractivity contribution is 6.06. The largest absolute Gasteiger partial charge is 0.507 e. The average molecular weight is 256 g/mol. The summed E-state index contributed by atoms with van der Waals surface area (Å²) in [6, 6.07) is 7.76. The molecule has 1 aromatic carbocycles. The summed E-state index contributed by atoms with van der Waals surface area (Å²) < 4.78 is 0. The van der Waals surface area contributed by atoms with Gasteiger partial charge in [0.15, 0.2) is 5.78 Å². The Hall–Kier alpha value is -1.57. The van der Waals surface area contributed by atoms with E-state index in [-0.39, 0.29) is 11.5 Å². The van der Waals surface area contributed by atoms with E-state index >= 15 is 0 Å². The lowest BCUT2D eigenvalue weighted by atomic mass is 9.68. The molecule has 2 heteroatoms. The molecule has 0 bridgehead atoms. The smallest absolute Gasteiger partial charge is 0.169 e. The molecule has 0 aromatic heterocycles. The molecule has 19 heavy (non-hydrogen) atoms. The number of benzene rings is 1. The number of aliphatic hydroxyl groups is 1. The summed E-state index contributed by atoms with van der Waals surface area (Å²) in [5.74, 6) is 0.816. The van der Waals surface area contributed by atoms with Gasteiger partial charge in [0.2, 0.25) is 0 Å². The molecule has 1 saturated carbocycles. The van der Waals surface area contributed by atoms with E-state index in [1.807, 2.05) is 31.2 Å². The highest BCUT2D eigenvalue weighted by Gasteiger charge is 2.41. The third-order valence-corrected chi connectivity index (χ3v) is 4.78. The first kappa shape index (κ1) is 12.5. The van der Waals surface area contributed by atoms with Crippen LogP contribution in [-0.2, 0) is 10.2 Å². The van der Waals surface area contributed by atoms with E-state index in [9.17, 15) is 9.90 Å². The number of ketones is 1. The SMILES string of the molecule is CC1(CC2CCCC2)C(=O)C=C(O)c2ccccc21. The van der Waals surface area contributed by atoms with Crippen molar-refractivity contribution in [2.45, 2.75) is 44.4 Å². The lowest BCUT2D eigenvalue weighted by molar-refractivity contribution is -0.120. The molecule has 1 aromatic rings. The molecule has 0 saturated heterocycles. The average Bonchev–Trinajstić information content (AvgIpc) is 2.90. The molecule has 0 heterocycles. The van der Waals surface area contributed by atoms with Crippen LogP contribution in [0.3, 0.4) is 0 Å². The summed E-state index contributed by atoms with van der Waals surface area (Å²) in [6.45, 7) is 2.04. The van der Waals surface area contributed by atoms with Crippen molar-refractivity contribution in [1.29, 1.82) is 0 Å². The van der Waals surface area contributed by atoms with Gasteiger partial charge in [-0.2, -0.15) is 0 Å². The van der Waals surface area contributed by atoms with Crippen LogP contribution in [0.4, 0.5) is 0 Å². The quantitative estimate of drug-likeness (QED) is 0.868. The molecule has 100 valence electrons. The Morgan fingerprint density at radius 2 is 1.95 bits per heavy atom. The maximum Gasteiger partial charge on any atom is 0.169 e. The minimum Gasteiger partial charge on any atom is -0.507 e. The minimum atomic E-state index is -0.460. The van der Waals surface area contributed by atoms with Gasteiger partial charge in [0.1, 0.15) is 5.76 Å². The van der Waals surface area contributed by atoms with E-state index in [1.54, 1.807) is 0 Å². The highest BCUT2D eigenvalue weighted by atomic mass is 16.3. The second kappa shape index (κ2) is 4.52. The van der Waals surface area contributed by atoms with Crippen molar-refractivity contribution in [2.24, 2.45) is 5.92 Å². The summed E-state index contributed by atoms with van der Waals surface area (Å²) in [6.07, 6.45) is 7.38. The molecular formula is C17H20O2. The zero-order valence-electron chi connectivity index (χ0n) is 11.4. The van der Waals surface area contributed by atoms with Gasteiger partial charge in [-0.05, 0) is 24.8 Å². The van der Waals surface area contributed by atoms with Gasteiger partial charge < -0.3 is 5.11 Å². The number of carbonyl (C=O) groups is 1. The molecule has 2 aliphatic rings. The molecule has 3 rings (SSSR count). The topological polar surface area (TPSA) is 37.3 Å². The monoisotopic (exact) mass is 256 g/mol. The first-order chi connectivity index (χ1) is 9.11. The fourth-order valence-corrected chi connectivity index (χ4v) is 3.68. The van der Waals surface area contributed by atoms with Crippen LogP contribution in [0, 0.1) is 5.92 Å². The predicted molar refractivity (Wildman–Crippen MR) is 76.0 cm³/mol. The standard InChI is InChI=1S/C17H20O2/c1-17(11-12-6-2-3-7-12)14-9-5-4-8-13(14)15(18)10-16(17)19/h4-5,8-10,12,18H,2-3,6-7,11H2,1H3. The van der Waals surface area contributed by atoms with Gasteiger partial charge in [0, 0.05) is 11.6 Å². The van der Waals surface area contributed by atoms with E-state index in [1.165, 1.54) is 31.8 Å². The number of hydrogen-bond donors (Lipinski definition) is 1. The molecule has 1 N–H and O–H groups in total. The normalized spacial score (nSPS) is 27.2. The van der Waals surface area contributed by atoms with Crippen LogP contribution in [0.15, 0.2) is 30.3 Å². The van der Waals surface area contributed by atoms with E-state index in [2.05, 4.69) is 0 Å². The fraction of sp³-hybridized carbons (Fsp3) is 0.471. The van der Waals surface area contributed by atoms with Gasteiger partial charge in [-0.3, -0.25) is 4.79 Å². The fourth-order valence-electron chi connectivity index (χ4n) is 3.68. The predicted octanol–water partition coefficient (Wildman–Crippen LogP) is 4.01. The van der Waals surface area contributed by atoms with Crippen LogP contribution in [0.5, 0.6) is 0 Å². The molecule has 0 aliphatic heterocycles. The third-order valence-electron chi connectivity index (χ3n) is 4.78. The Labute approximate surface area is 114 Å². The van der Waals surface area contributed by atoms with Gasteiger partial charge in [0.05, 0.1) is 5.41 Å². The minimum absolute atomic E-state index is 0.0515. The Morgan fingerprint density at radius 1 is 1.26 bits per heavy atom. The second-order valence-corrected chi connectivity index (χ2v) is 6.13. The lowest BCUT2D eigenvalue weighted by Gasteiger charge is -2.34. The Bertz CT molecular complexity index is 538. The molecule has 1 unspecified atom stereocenters. The maximum absolute atomic E-state index is 12.4. The van der Waals surface area contributed by atoms with Crippen molar-refractivity contribution in [2.75, 3.05) is 0 Å². The first-order valence-corrected chi connectivity index (χ1v) is 7.16. The Balaban J connectivity index is 2.02. The Kier molecular flexibility index (Phi) is 2.96. The zero-order chi connectivity index (χ0) is 13.5. The van der Waals surface area contributed by atoms with Crippen molar-refractivity contribution in [1.82, 2.24) is 0 Å². The van der Waals surface area contributed by atoms with Gasteiger partial charge >= 0.3 is 0 Å². The molecule has 2 aliphatic carbocycles. The summed E-state index contributed by atoms with van der Waals surface area (Å²) in [7, 11) is 0. The number of allylic oxidation sites excluding steroid dienone is 1. The number of aliphatic hydroxyl groups excluding tert-OH is 1. The van der Waals surface area contributed by atoms with Crippen LogP contribution in [0.2, 0.25) is 0 Å². The molecule has 0 spiro atoms. The van der Waals surface area contributed by atoms with Crippen LogP contribution >= 0.6 is 0 Å². The molecular weight excluding hydrogens is 236 g/mol. The number of carbonyl (C=O) groups excluding carboxylic acids is 1. The van der Waals surface area contributed by atoms with Crippen LogP contribution in [0.1, 0.15) is 50.2 Å². The first-order valence-electron chi connectivity index (χ1n) is 7.16. The molecule has 1 atom stereocenters. The molecule has 2 nitrogen and oxygen atoms in total. The summed E-state index contributed by atoms with van der Waals surface area (Å²) >= 11 is 0. The van der Waals surface area contributed by atoms with Crippen molar-refractivity contribution in [3.05, 3.63) is 41.5 Å². The molecule has 0 amide bonds. The lowest BCUT2D eigenvalue weighted by Crippen LogP contribution is -2.36. The van der Waals surface area contributed by atoms with Crippen molar-refractivity contribution in [3.63, 3.8) is 0 Å². The van der Waals surface area contributed by atoms with Crippen molar-refractivity contribution < 1.29 is 9.90 Å². The molecule has 1 fully saturated rings. The Morgan fingerprint density at radius 3 is 2.68 bits per heavy atom. The molecule has 0 radical (unpaired) electrons. The van der Waals surface area contributed by atoms with Gasteiger partial charge in [-0.25, -0.2) is 0 Å². The van der Waals surface area contributed by atoms with Crippen LogP contribution < -0.4 is 0 Å². The van der Waals surface area contributed by atoms with Gasteiger partial charge in [-0.1, -0.05) is 49.9 Å². The highest BCUT2D eigenvalue weighted by Crippen LogP contribution is 2.43. The third kappa shape index (κ3) is 1.99. The second-order valence-electron chi connectivity index (χ2n) is 6.13. The summed E-state index contributed by atoms with van der Waals surface area (Å²) in [5.41, 5.74) is 1.35. The van der Waals surface area contributed by atoms with Crippen LogP contribution in [0.25, 0.3) is 5.76 Å². The van der Waals surface area contributed by atoms with Crippen LogP contribution in [-0.4, -0.2) is 10.9 Å². The number of rotatable bonds is 2. The van der Waals surface area contributed by atoms with Gasteiger partial charge in [-0.15, -0.1) is 0 Å². The summed E-state index contributed by atoms with van der Waals surface area (Å²) in [5, 5.41) is 9.97. The maximum atomic E-state index is 12.4. The van der Waals surface area contributed by atoms with Crippen molar-refractivity contribution in [3.8, 4) is 0 Å². The summed E-state index contributed by atoms with van der Waals surface area (Å²) in [4.78, 5) is 12.4. The van der Waals surface area contributed by atoms with Gasteiger partial charge in [0.25, 0.3) is 0 Å². The number of hydrogen-bond acceptors (Lipinski definition) is 2. The zero-order valence-corrected chi connectivity index (χ0v) is 11.4. The van der Waals surface area contributed by atoms with E-state index < -0.39 is 5.41 Å². The van der Waals surface area contributed by atoms with Crippen molar-refractivity contribution >= 4 is 11.5 Å². The number of fused-ring (bicyclic) bond motifs is 1. The van der Waals surface area contributed by atoms with E-state index in [0.717, 1.165) is 17.5 Å².